The standard InChI is InChI=1S/C32H30N2O6/c1-31(2,3)33-27(35)19-11-7-15-17-9-13-21(29(37)38)26-22(30(39)40)14-10-18(24(17)26)16-8-12-20(25(19)23(15)16)28(36)34-32(4,5)6/h7-14H,1-6H3,(H,33,35)(H,34,36)(H,37,38)(H,39,40). The average Bonchev–Trinajstić information content (AvgIpc) is 2.83. The van der Waals surface area contributed by atoms with Gasteiger partial charge in [0.2, 0.25) is 0 Å². The van der Waals surface area contributed by atoms with Crippen molar-refractivity contribution in [2.75, 3.05) is 0 Å². The number of carbonyl (C=O) groups is 4. The lowest BCUT2D eigenvalue weighted by Crippen LogP contribution is -2.41. The molecule has 0 heterocycles. The predicted octanol–water partition coefficient (Wildman–Crippen LogP) is 6.19. The SMILES string of the molecule is CC(C)(C)NC(=O)c1ccc2c3ccc(C(=O)O)c4c(C(=O)O)ccc(c5ccc(C(=O)NC(C)(C)C)c1c25)c43. The lowest BCUT2D eigenvalue weighted by Gasteiger charge is -2.24. The Morgan fingerprint density at radius 2 is 0.750 bits per heavy atom. The van der Waals surface area contributed by atoms with Crippen molar-refractivity contribution in [1.82, 2.24) is 10.6 Å². The van der Waals surface area contributed by atoms with E-state index in [0.717, 1.165) is 0 Å². The molecule has 0 aliphatic carbocycles. The third-order valence-corrected chi connectivity index (χ3v) is 6.83. The molecule has 0 fully saturated rings. The molecule has 5 aromatic rings. The fourth-order valence-corrected chi connectivity index (χ4v) is 5.44. The monoisotopic (exact) mass is 538 g/mol. The summed E-state index contributed by atoms with van der Waals surface area (Å²) in [7, 11) is 0. The van der Waals surface area contributed by atoms with Crippen molar-refractivity contribution in [2.45, 2.75) is 52.6 Å². The summed E-state index contributed by atoms with van der Waals surface area (Å²) in [5.41, 5.74) is -0.607. The molecule has 0 aliphatic heterocycles. The molecule has 0 aromatic heterocycles. The van der Waals surface area contributed by atoms with E-state index in [1.165, 1.54) is 12.1 Å². The second kappa shape index (κ2) is 8.91. The highest BCUT2D eigenvalue weighted by Crippen LogP contribution is 2.44. The summed E-state index contributed by atoms with van der Waals surface area (Å²) >= 11 is 0. The van der Waals surface area contributed by atoms with Gasteiger partial charge in [0.05, 0.1) is 11.1 Å². The van der Waals surface area contributed by atoms with Gasteiger partial charge < -0.3 is 20.8 Å². The van der Waals surface area contributed by atoms with E-state index in [0.29, 0.717) is 48.8 Å². The van der Waals surface area contributed by atoms with Crippen LogP contribution in [0.25, 0.3) is 43.1 Å². The molecule has 0 saturated heterocycles. The number of amides is 2. The zero-order valence-electron chi connectivity index (χ0n) is 23.1. The number of nitrogens with one attached hydrogen (secondary N) is 2. The van der Waals surface area contributed by atoms with E-state index < -0.39 is 23.0 Å². The maximum Gasteiger partial charge on any atom is 0.336 e. The van der Waals surface area contributed by atoms with Gasteiger partial charge in [0, 0.05) is 33.0 Å². The van der Waals surface area contributed by atoms with Crippen molar-refractivity contribution in [2.24, 2.45) is 0 Å². The largest absolute Gasteiger partial charge is 0.478 e. The minimum atomic E-state index is -1.23. The average molecular weight is 539 g/mol. The molecule has 0 aliphatic rings. The fourth-order valence-electron chi connectivity index (χ4n) is 5.44. The molecule has 8 nitrogen and oxygen atoms in total. The van der Waals surface area contributed by atoms with Gasteiger partial charge in [-0.15, -0.1) is 0 Å². The molecule has 5 aromatic carbocycles. The summed E-state index contributed by atoms with van der Waals surface area (Å²) < 4.78 is 0. The summed E-state index contributed by atoms with van der Waals surface area (Å²) in [5, 5.41) is 30.2. The summed E-state index contributed by atoms with van der Waals surface area (Å²) in [6, 6.07) is 13.0. The van der Waals surface area contributed by atoms with Gasteiger partial charge in [-0.25, -0.2) is 9.59 Å². The number of carbonyl (C=O) groups excluding carboxylic acids is 2. The lowest BCUT2D eigenvalue weighted by atomic mass is 9.84. The van der Waals surface area contributed by atoms with Gasteiger partial charge in [-0.05, 0) is 98.1 Å². The first-order valence-electron chi connectivity index (χ1n) is 12.9. The minimum Gasteiger partial charge on any atom is -0.478 e. The molecule has 40 heavy (non-hydrogen) atoms. The zero-order chi connectivity index (χ0) is 29.3. The normalized spacial score (nSPS) is 12.3. The van der Waals surface area contributed by atoms with Crippen LogP contribution < -0.4 is 10.6 Å². The van der Waals surface area contributed by atoms with Gasteiger partial charge in [0.25, 0.3) is 11.8 Å². The highest BCUT2D eigenvalue weighted by molar-refractivity contribution is 6.38. The molecular weight excluding hydrogens is 508 g/mol. The summed E-state index contributed by atoms with van der Waals surface area (Å²) in [5.74, 6) is -3.13. The van der Waals surface area contributed by atoms with Crippen LogP contribution in [0.3, 0.4) is 0 Å². The van der Waals surface area contributed by atoms with Crippen LogP contribution in [0, 0.1) is 0 Å². The van der Waals surface area contributed by atoms with Crippen LogP contribution >= 0.6 is 0 Å². The van der Waals surface area contributed by atoms with Gasteiger partial charge >= 0.3 is 11.9 Å². The smallest absolute Gasteiger partial charge is 0.336 e. The lowest BCUT2D eigenvalue weighted by molar-refractivity contribution is 0.0695. The minimum absolute atomic E-state index is 0.111. The van der Waals surface area contributed by atoms with Gasteiger partial charge in [-0.3, -0.25) is 9.59 Å². The van der Waals surface area contributed by atoms with E-state index in [1.807, 2.05) is 41.5 Å². The maximum absolute atomic E-state index is 13.6. The van der Waals surface area contributed by atoms with Crippen molar-refractivity contribution in [3.63, 3.8) is 0 Å². The molecule has 5 rings (SSSR count). The van der Waals surface area contributed by atoms with E-state index in [-0.39, 0.29) is 28.3 Å². The zero-order valence-corrected chi connectivity index (χ0v) is 23.1. The molecule has 0 atom stereocenters. The highest BCUT2D eigenvalue weighted by Gasteiger charge is 2.27. The maximum atomic E-state index is 13.6. The molecule has 2 amide bonds. The Bertz CT molecular complexity index is 1780. The van der Waals surface area contributed by atoms with Gasteiger partial charge in [-0.2, -0.15) is 0 Å². The van der Waals surface area contributed by atoms with Crippen molar-refractivity contribution in [3.8, 4) is 0 Å². The Balaban J connectivity index is 2.00. The van der Waals surface area contributed by atoms with Crippen LogP contribution in [0.2, 0.25) is 0 Å². The van der Waals surface area contributed by atoms with E-state index in [9.17, 15) is 29.4 Å². The van der Waals surface area contributed by atoms with Crippen LogP contribution in [0.1, 0.15) is 83.0 Å². The van der Waals surface area contributed by atoms with E-state index in [1.54, 1.807) is 36.4 Å². The highest BCUT2D eigenvalue weighted by atomic mass is 16.4. The first kappa shape index (κ1) is 26.9. The van der Waals surface area contributed by atoms with Crippen molar-refractivity contribution in [1.29, 1.82) is 0 Å². The van der Waals surface area contributed by atoms with Crippen molar-refractivity contribution < 1.29 is 29.4 Å². The second-order valence-electron chi connectivity index (χ2n) is 12.2. The Morgan fingerprint density at radius 3 is 1.02 bits per heavy atom. The molecular formula is C32H30N2O6. The number of hydrogen-bond donors (Lipinski definition) is 4. The van der Waals surface area contributed by atoms with Crippen molar-refractivity contribution >= 4 is 66.8 Å². The molecule has 0 bridgehead atoms. The number of rotatable bonds is 4. The third-order valence-electron chi connectivity index (χ3n) is 6.83. The number of carboxylic acids is 2. The summed E-state index contributed by atoms with van der Waals surface area (Å²) in [6.45, 7) is 11.3. The van der Waals surface area contributed by atoms with E-state index >= 15 is 0 Å². The summed E-state index contributed by atoms with van der Waals surface area (Å²) in [4.78, 5) is 51.4. The number of carboxylic acid groups (broad SMARTS) is 2. The van der Waals surface area contributed by atoms with Crippen LogP contribution in [0.4, 0.5) is 0 Å². The molecule has 4 N–H and O–H groups in total. The molecule has 204 valence electrons. The van der Waals surface area contributed by atoms with E-state index in [2.05, 4.69) is 10.6 Å². The number of benzene rings is 5. The van der Waals surface area contributed by atoms with Crippen LogP contribution in [-0.2, 0) is 0 Å². The molecule has 8 heteroatoms. The first-order chi connectivity index (χ1) is 18.6. The predicted molar refractivity (Wildman–Crippen MR) is 156 cm³/mol. The molecule has 0 radical (unpaired) electrons. The Morgan fingerprint density at radius 1 is 0.475 bits per heavy atom. The number of hydrogen-bond acceptors (Lipinski definition) is 4. The van der Waals surface area contributed by atoms with Gasteiger partial charge in [0.1, 0.15) is 0 Å². The van der Waals surface area contributed by atoms with E-state index in [4.69, 9.17) is 0 Å². The molecule has 0 saturated carbocycles. The van der Waals surface area contributed by atoms with Crippen LogP contribution in [0.15, 0.2) is 48.5 Å². The Kier molecular flexibility index (Phi) is 5.98. The number of aromatic carboxylic acids is 2. The third kappa shape index (κ3) is 4.35. The van der Waals surface area contributed by atoms with Crippen LogP contribution in [-0.4, -0.2) is 45.0 Å². The van der Waals surface area contributed by atoms with Crippen LogP contribution in [0.5, 0.6) is 0 Å². The van der Waals surface area contributed by atoms with Crippen molar-refractivity contribution in [3.05, 3.63) is 70.8 Å². The number of fused-ring (bicyclic) bond motifs is 2. The Labute approximate surface area is 230 Å². The van der Waals surface area contributed by atoms with Gasteiger partial charge in [-0.1, -0.05) is 24.3 Å². The van der Waals surface area contributed by atoms with Gasteiger partial charge in [0.15, 0.2) is 0 Å². The Hall–Kier alpha value is -4.72. The fraction of sp³-hybridized carbons (Fsp3) is 0.250. The second-order valence-corrected chi connectivity index (χ2v) is 12.2. The molecule has 0 spiro atoms. The first-order valence-corrected chi connectivity index (χ1v) is 12.9. The topological polar surface area (TPSA) is 133 Å². The summed E-state index contributed by atoms with van der Waals surface area (Å²) in [6.07, 6.45) is 0. The molecule has 0 unspecified atom stereocenters. The quantitative estimate of drug-likeness (QED) is 0.159.